The molecule has 1 N–H and O–H groups in total. The Hall–Kier alpha value is -2.09. The Bertz CT molecular complexity index is 1100. The molecular formula is C19H18ClFN2O3S. The van der Waals surface area contributed by atoms with E-state index in [9.17, 15) is 12.8 Å². The van der Waals surface area contributed by atoms with Crippen LogP contribution in [0, 0.1) is 0 Å². The molecule has 0 radical (unpaired) electrons. The van der Waals surface area contributed by atoms with Gasteiger partial charge in [-0.05, 0) is 41.8 Å². The van der Waals surface area contributed by atoms with Gasteiger partial charge in [0.05, 0.1) is 9.92 Å². The second-order valence-electron chi connectivity index (χ2n) is 6.51. The highest BCUT2D eigenvalue weighted by atomic mass is 35.5. The number of hydrogen-bond acceptors (Lipinski definition) is 4. The van der Waals surface area contributed by atoms with Crippen molar-refractivity contribution in [3.63, 3.8) is 0 Å². The van der Waals surface area contributed by atoms with Gasteiger partial charge in [0.15, 0.2) is 11.5 Å². The quantitative estimate of drug-likeness (QED) is 0.689. The number of furan rings is 1. The Morgan fingerprint density at radius 3 is 2.56 bits per heavy atom. The number of fused-ring (bicyclic) bond motifs is 1. The third-order valence-electron chi connectivity index (χ3n) is 4.74. The number of nitrogens with one attached hydrogen (secondary N) is 1. The molecule has 1 saturated heterocycles. The van der Waals surface area contributed by atoms with E-state index in [1.54, 1.807) is 37.4 Å². The smallest absolute Gasteiger partial charge is 0.243 e. The first-order valence-electron chi connectivity index (χ1n) is 8.54. The van der Waals surface area contributed by atoms with Crippen LogP contribution in [0.1, 0.15) is 6.42 Å². The minimum atomic E-state index is -3.67. The van der Waals surface area contributed by atoms with Crippen LogP contribution in [0.5, 0.6) is 0 Å². The zero-order valence-corrected chi connectivity index (χ0v) is 16.1. The van der Waals surface area contributed by atoms with E-state index in [1.165, 1.54) is 4.31 Å². The van der Waals surface area contributed by atoms with Crippen LogP contribution in [-0.2, 0) is 10.0 Å². The minimum Gasteiger partial charge on any atom is -0.439 e. The lowest BCUT2D eigenvalue weighted by molar-refractivity contribution is 0.343. The molecule has 142 valence electrons. The van der Waals surface area contributed by atoms with Gasteiger partial charge in [-0.3, -0.25) is 0 Å². The molecule has 8 heteroatoms. The van der Waals surface area contributed by atoms with E-state index in [2.05, 4.69) is 5.32 Å². The fourth-order valence-corrected chi connectivity index (χ4v) is 5.02. The average Bonchev–Trinajstić information content (AvgIpc) is 3.28. The van der Waals surface area contributed by atoms with Crippen molar-refractivity contribution in [2.75, 3.05) is 25.5 Å². The summed E-state index contributed by atoms with van der Waals surface area (Å²) in [5, 5.41) is 4.26. The van der Waals surface area contributed by atoms with Crippen molar-refractivity contribution in [1.29, 1.82) is 0 Å². The summed E-state index contributed by atoms with van der Waals surface area (Å²) < 4.78 is 45.4. The van der Waals surface area contributed by atoms with Crippen LogP contribution in [0.4, 0.5) is 10.3 Å². The van der Waals surface area contributed by atoms with Crippen molar-refractivity contribution in [2.45, 2.75) is 17.5 Å². The van der Waals surface area contributed by atoms with Gasteiger partial charge in [-0.15, -0.1) is 0 Å². The molecule has 1 fully saturated rings. The monoisotopic (exact) mass is 408 g/mol. The van der Waals surface area contributed by atoms with Crippen LogP contribution in [0.2, 0.25) is 5.02 Å². The molecule has 1 aromatic heterocycles. The molecule has 1 unspecified atom stereocenters. The molecule has 2 heterocycles. The summed E-state index contributed by atoms with van der Waals surface area (Å²) in [5.41, 5.74) is 2.28. The fraction of sp³-hybridized carbons (Fsp3) is 0.263. The number of nitrogens with zero attached hydrogens (tertiary/aromatic N) is 1. The Kier molecular flexibility index (Phi) is 4.61. The van der Waals surface area contributed by atoms with Crippen LogP contribution in [0.3, 0.4) is 0 Å². The van der Waals surface area contributed by atoms with Gasteiger partial charge in [0.25, 0.3) is 0 Å². The molecule has 0 amide bonds. The highest BCUT2D eigenvalue weighted by Gasteiger charge is 2.32. The Labute approximate surface area is 161 Å². The molecule has 1 atom stereocenters. The van der Waals surface area contributed by atoms with E-state index in [0.717, 1.165) is 16.5 Å². The van der Waals surface area contributed by atoms with Gasteiger partial charge in [-0.1, -0.05) is 23.7 Å². The summed E-state index contributed by atoms with van der Waals surface area (Å²) in [6.07, 6.45) is -0.847. The largest absolute Gasteiger partial charge is 0.439 e. The third kappa shape index (κ3) is 3.31. The van der Waals surface area contributed by atoms with Crippen LogP contribution in [0.15, 0.2) is 51.8 Å². The van der Waals surface area contributed by atoms with Crippen molar-refractivity contribution >= 4 is 38.5 Å². The molecule has 0 aliphatic carbocycles. The lowest BCUT2D eigenvalue weighted by Gasteiger charge is -2.15. The standard InChI is InChI=1S/C19H18ClFN2O3S/c1-22-18-10-14-8-13(9-17(20)19(14)26-18)12-2-4-16(5-3-12)27(24,25)23-7-6-15(21)11-23/h2-5,8-10,15,22H,6-7,11H2,1H3. The first-order chi connectivity index (χ1) is 12.9. The molecule has 3 aromatic rings. The predicted molar refractivity (Wildman–Crippen MR) is 104 cm³/mol. The maximum absolute atomic E-state index is 13.4. The van der Waals surface area contributed by atoms with Gasteiger partial charge in [0, 0.05) is 31.6 Å². The molecular weight excluding hydrogens is 391 g/mol. The summed E-state index contributed by atoms with van der Waals surface area (Å²) in [5.74, 6) is 0.613. The van der Waals surface area contributed by atoms with Crippen LogP contribution in [-0.4, -0.2) is 39.0 Å². The van der Waals surface area contributed by atoms with Crippen LogP contribution in [0.25, 0.3) is 22.1 Å². The molecule has 0 bridgehead atoms. The summed E-state index contributed by atoms with van der Waals surface area (Å²) in [6.45, 7) is 0.135. The van der Waals surface area contributed by atoms with Crippen LogP contribution < -0.4 is 5.32 Å². The normalized spacial score (nSPS) is 18.3. The van der Waals surface area contributed by atoms with Crippen molar-refractivity contribution in [1.82, 2.24) is 4.31 Å². The molecule has 2 aromatic carbocycles. The lowest BCUT2D eigenvalue weighted by Crippen LogP contribution is -2.29. The van der Waals surface area contributed by atoms with Gasteiger partial charge in [-0.25, -0.2) is 12.8 Å². The SMILES string of the molecule is CNc1cc2cc(-c3ccc(S(=O)(=O)N4CCC(F)C4)cc3)cc(Cl)c2o1. The van der Waals surface area contributed by atoms with E-state index >= 15 is 0 Å². The third-order valence-corrected chi connectivity index (χ3v) is 6.90. The number of halogens is 2. The lowest BCUT2D eigenvalue weighted by atomic mass is 10.0. The van der Waals surface area contributed by atoms with Gasteiger partial charge >= 0.3 is 0 Å². The number of anilines is 1. The summed E-state index contributed by atoms with van der Waals surface area (Å²) in [4.78, 5) is 0.160. The van der Waals surface area contributed by atoms with Crippen molar-refractivity contribution in [3.8, 4) is 11.1 Å². The van der Waals surface area contributed by atoms with E-state index in [0.29, 0.717) is 16.5 Å². The second kappa shape index (κ2) is 6.82. The van der Waals surface area contributed by atoms with E-state index in [4.69, 9.17) is 16.0 Å². The zero-order valence-electron chi connectivity index (χ0n) is 14.6. The molecule has 27 heavy (non-hydrogen) atoms. The number of hydrogen-bond donors (Lipinski definition) is 1. The fourth-order valence-electron chi connectivity index (χ4n) is 3.27. The van der Waals surface area contributed by atoms with Gasteiger partial charge in [0.1, 0.15) is 6.17 Å². The first kappa shape index (κ1) is 18.3. The topological polar surface area (TPSA) is 62.6 Å². The van der Waals surface area contributed by atoms with E-state index in [1.807, 2.05) is 12.1 Å². The molecule has 1 aliphatic heterocycles. The van der Waals surface area contributed by atoms with E-state index < -0.39 is 16.2 Å². The zero-order chi connectivity index (χ0) is 19.2. The second-order valence-corrected chi connectivity index (χ2v) is 8.86. The first-order valence-corrected chi connectivity index (χ1v) is 10.4. The van der Waals surface area contributed by atoms with Gasteiger partial charge < -0.3 is 9.73 Å². The molecule has 1 aliphatic rings. The Morgan fingerprint density at radius 2 is 1.93 bits per heavy atom. The van der Waals surface area contributed by atoms with Gasteiger partial charge in [0.2, 0.25) is 10.0 Å². The predicted octanol–water partition coefficient (Wildman–Crippen LogP) is 4.53. The summed E-state index contributed by atoms with van der Waals surface area (Å²) in [7, 11) is -1.91. The minimum absolute atomic E-state index is 0.0787. The number of alkyl halides is 1. The Balaban J connectivity index is 1.67. The molecule has 5 nitrogen and oxygen atoms in total. The highest BCUT2D eigenvalue weighted by Crippen LogP contribution is 2.35. The van der Waals surface area contributed by atoms with Crippen molar-refractivity contribution in [2.24, 2.45) is 0 Å². The van der Waals surface area contributed by atoms with Crippen molar-refractivity contribution < 1.29 is 17.2 Å². The highest BCUT2D eigenvalue weighted by molar-refractivity contribution is 7.89. The molecule has 4 rings (SSSR count). The maximum atomic E-state index is 13.4. The van der Waals surface area contributed by atoms with Crippen LogP contribution >= 0.6 is 11.6 Å². The van der Waals surface area contributed by atoms with E-state index in [-0.39, 0.29) is 24.4 Å². The summed E-state index contributed by atoms with van der Waals surface area (Å²) in [6, 6.07) is 12.1. The van der Waals surface area contributed by atoms with Crippen molar-refractivity contribution in [3.05, 3.63) is 47.5 Å². The van der Waals surface area contributed by atoms with Gasteiger partial charge in [-0.2, -0.15) is 4.31 Å². The molecule has 0 spiro atoms. The molecule has 0 saturated carbocycles. The number of benzene rings is 2. The number of rotatable bonds is 4. The summed E-state index contributed by atoms with van der Waals surface area (Å²) >= 11 is 6.33. The number of sulfonamides is 1. The maximum Gasteiger partial charge on any atom is 0.243 e. The average molecular weight is 409 g/mol. The Morgan fingerprint density at radius 1 is 1.19 bits per heavy atom.